The van der Waals surface area contributed by atoms with Gasteiger partial charge in [0.05, 0.1) is 7.11 Å². The SMILES string of the molecule is COc1cc(C=CC(=O)OCC(=O)N(C)c2ccccc2)ccc1O. The maximum atomic E-state index is 12.0. The van der Waals surface area contributed by atoms with E-state index in [2.05, 4.69) is 0 Å². The molecule has 0 bridgehead atoms. The molecule has 0 aliphatic rings. The molecular weight excluding hydrogens is 322 g/mol. The number of hydrogen-bond donors (Lipinski definition) is 1. The minimum Gasteiger partial charge on any atom is -0.504 e. The fourth-order valence-electron chi connectivity index (χ4n) is 2.04. The van der Waals surface area contributed by atoms with Crippen LogP contribution in [-0.2, 0) is 14.3 Å². The van der Waals surface area contributed by atoms with E-state index < -0.39 is 5.97 Å². The number of ether oxygens (including phenoxy) is 2. The number of rotatable bonds is 6. The van der Waals surface area contributed by atoms with E-state index >= 15 is 0 Å². The maximum absolute atomic E-state index is 12.0. The Morgan fingerprint density at radius 2 is 1.88 bits per heavy atom. The molecule has 0 atom stereocenters. The Morgan fingerprint density at radius 3 is 2.56 bits per heavy atom. The molecule has 1 amide bonds. The van der Waals surface area contributed by atoms with Crippen LogP contribution in [0.25, 0.3) is 6.08 Å². The number of phenols is 1. The molecule has 6 nitrogen and oxygen atoms in total. The summed E-state index contributed by atoms with van der Waals surface area (Å²) in [6.45, 7) is -0.354. The van der Waals surface area contributed by atoms with E-state index in [1.165, 1.54) is 30.2 Å². The Labute approximate surface area is 145 Å². The molecule has 0 heterocycles. The van der Waals surface area contributed by atoms with Crippen LogP contribution in [-0.4, -0.2) is 37.7 Å². The zero-order valence-corrected chi connectivity index (χ0v) is 14.0. The molecule has 6 heteroatoms. The number of phenolic OH excluding ortho intramolecular Hbond substituents is 1. The highest BCUT2D eigenvalue weighted by Gasteiger charge is 2.12. The number of methoxy groups -OCH3 is 1. The number of hydrogen-bond acceptors (Lipinski definition) is 5. The van der Waals surface area contributed by atoms with Crippen LogP contribution in [0.1, 0.15) is 5.56 Å². The summed E-state index contributed by atoms with van der Waals surface area (Å²) in [6.07, 6.45) is 2.72. The van der Waals surface area contributed by atoms with Gasteiger partial charge in [0.25, 0.3) is 5.91 Å². The number of carbonyl (C=O) groups is 2. The van der Waals surface area contributed by atoms with Gasteiger partial charge >= 0.3 is 5.97 Å². The summed E-state index contributed by atoms with van der Waals surface area (Å²) in [6, 6.07) is 13.7. The lowest BCUT2D eigenvalue weighted by molar-refractivity contribution is -0.142. The number of carbonyl (C=O) groups excluding carboxylic acids is 2. The monoisotopic (exact) mass is 341 g/mol. The number of aromatic hydroxyl groups is 1. The number of nitrogens with zero attached hydrogens (tertiary/aromatic N) is 1. The van der Waals surface area contributed by atoms with E-state index in [0.717, 1.165) is 5.69 Å². The third kappa shape index (κ3) is 5.10. The predicted molar refractivity (Wildman–Crippen MR) is 94.5 cm³/mol. The molecule has 0 unspecified atom stereocenters. The molecule has 1 N–H and O–H groups in total. The molecule has 0 aliphatic carbocycles. The van der Waals surface area contributed by atoms with Gasteiger partial charge in [-0.05, 0) is 35.9 Å². The van der Waals surface area contributed by atoms with Gasteiger partial charge in [-0.25, -0.2) is 4.79 Å². The average Bonchev–Trinajstić information content (AvgIpc) is 2.65. The van der Waals surface area contributed by atoms with Gasteiger partial charge in [-0.1, -0.05) is 24.3 Å². The van der Waals surface area contributed by atoms with Crippen molar-refractivity contribution in [1.82, 2.24) is 0 Å². The number of amides is 1. The van der Waals surface area contributed by atoms with E-state index in [1.54, 1.807) is 31.3 Å². The van der Waals surface area contributed by atoms with E-state index in [1.807, 2.05) is 18.2 Å². The van der Waals surface area contributed by atoms with Crippen LogP contribution in [0.3, 0.4) is 0 Å². The minimum absolute atomic E-state index is 0.0109. The fourth-order valence-corrected chi connectivity index (χ4v) is 2.04. The van der Waals surface area contributed by atoms with Crippen molar-refractivity contribution >= 4 is 23.6 Å². The van der Waals surface area contributed by atoms with Crippen LogP contribution in [0.4, 0.5) is 5.69 Å². The molecule has 2 rings (SSSR count). The molecule has 2 aromatic rings. The van der Waals surface area contributed by atoms with Gasteiger partial charge in [-0.15, -0.1) is 0 Å². The average molecular weight is 341 g/mol. The Morgan fingerprint density at radius 1 is 1.16 bits per heavy atom. The van der Waals surface area contributed by atoms with Crippen molar-refractivity contribution in [3.8, 4) is 11.5 Å². The summed E-state index contributed by atoms with van der Waals surface area (Å²) in [5.41, 5.74) is 1.37. The second-order valence-corrected chi connectivity index (χ2v) is 5.16. The molecule has 2 aromatic carbocycles. The summed E-state index contributed by atoms with van der Waals surface area (Å²) in [7, 11) is 3.05. The number of esters is 1. The van der Waals surface area contributed by atoms with Crippen LogP contribution < -0.4 is 9.64 Å². The maximum Gasteiger partial charge on any atom is 0.331 e. The van der Waals surface area contributed by atoms with Gasteiger partial charge in [0.1, 0.15) is 0 Å². The summed E-state index contributed by atoms with van der Waals surface area (Å²) in [4.78, 5) is 25.2. The van der Waals surface area contributed by atoms with Crippen molar-refractivity contribution in [2.75, 3.05) is 25.7 Å². The summed E-state index contributed by atoms with van der Waals surface area (Å²) >= 11 is 0. The summed E-state index contributed by atoms with van der Waals surface area (Å²) < 4.78 is 9.94. The zero-order valence-electron chi connectivity index (χ0n) is 14.0. The molecule has 0 aromatic heterocycles. The molecule has 130 valence electrons. The fraction of sp³-hybridized carbons (Fsp3) is 0.158. The molecular formula is C19H19NO5. The molecule has 0 fully saturated rings. The Bertz CT molecular complexity index is 771. The summed E-state index contributed by atoms with van der Waals surface area (Å²) in [5.74, 6) is -0.659. The lowest BCUT2D eigenvalue weighted by atomic mass is 10.2. The highest BCUT2D eigenvalue weighted by molar-refractivity contribution is 5.96. The van der Waals surface area contributed by atoms with Gasteiger partial charge in [-0.2, -0.15) is 0 Å². The Hall–Kier alpha value is -3.28. The highest BCUT2D eigenvalue weighted by Crippen LogP contribution is 2.26. The van der Waals surface area contributed by atoms with E-state index in [9.17, 15) is 14.7 Å². The first kappa shape index (κ1) is 18.1. The molecule has 25 heavy (non-hydrogen) atoms. The van der Waals surface area contributed by atoms with E-state index in [-0.39, 0.29) is 18.3 Å². The second-order valence-electron chi connectivity index (χ2n) is 5.16. The first-order valence-corrected chi connectivity index (χ1v) is 7.54. The van der Waals surface area contributed by atoms with Gasteiger partial charge in [0.15, 0.2) is 18.1 Å². The van der Waals surface area contributed by atoms with Crippen LogP contribution in [0, 0.1) is 0 Å². The Balaban J connectivity index is 1.89. The quantitative estimate of drug-likeness (QED) is 0.646. The minimum atomic E-state index is -0.637. The van der Waals surface area contributed by atoms with Crippen LogP contribution in [0.2, 0.25) is 0 Å². The topological polar surface area (TPSA) is 76.1 Å². The molecule has 0 spiro atoms. The molecule has 0 aliphatic heterocycles. The molecule has 0 radical (unpaired) electrons. The van der Waals surface area contributed by atoms with Gasteiger partial charge in [-0.3, -0.25) is 4.79 Å². The lowest BCUT2D eigenvalue weighted by Crippen LogP contribution is -2.30. The van der Waals surface area contributed by atoms with E-state index in [0.29, 0.717) is 11.3 Å². The standard InChI is InChI=1S/C19H19NO5/c1-20(15-6-4-3-5-7-15)18(22)13-25-19(23)11-9-14-8-10-16(21)17(12-14)24-2/h3-12,21H,13H2,1-2H3. The zero-order chi connectivity index (χ0) is 18.2. The van der Waals surface area contributed by atoms with Crippen molar-refractivity contribution in [2.24, 2.45) is 0 Å². The number of likely N-dealkylation sites (N-methyl/N-ethyl adjacent to an activating group) is 1. The third-order valence-corrected chi connectivity index (χ3v) is 3.47. The van der Waals surface area contributed by atoms with Gasteiger partial charge in [0, 0.05) is 18.8 Å². The first-order valence-electron chi connectivity index (χ1n) is 7.54. The molecule has 0 saturated carbocycles. The van der Waals surface area contributed by atoms with E-state index in [4.69, 9.17) is 9.47 Å². The van der Waals surface area contributed by atoms with Crippen LogP contribution in [0.15, 0.2) is 54.6 Å². The highest BCUT2D eigenvalue weighted by atomic mass is 16.5. The number of anilines is 1. The van der Waals surface area contributed by atoms with Gasteiger partial charge in [0.2, 0.25) is 0 Å². The molecule has 0 saturated heterocycles. The van der Waals surface area contributed by atoms with Gasteiger partial charge < -0.3 is 19.5 Å². The lowest BCUT2D eigenvalue weighted by Gasteiger charge is -2.16. The van der Waals surface area contributed by atoms with Crippen molar-refractivity contribution in [2.45, 2.75) is 0 Å². The Kier molecular flexibility index (Phi) is 6.17. The normalized spacial score (nSPS) is 10.5. The number of benzene rings is 2. The predicted octanol–water partition coefficient (Wildman–Crippen LogP) is 2.62. The van der Waals surface area contributed by atoms with Crippen molar-refractivity contribution in [3.05, 3.63) is 60.2 Å². The number of para-hydroxylation sites is 1. The van der Waals surface area contributed by atoms with Crippen molar-refractivity contribution in [3.63, 3.8) is 0 Å². The van der Waals surface area contributed by atoms with Crippen molar-refractivity contribution in [1.29, 1.82) is 0 Å². The largest absolute Gasteiger partial charge is 0.504 e. The van der Waals surface area contributed by atoms with Crippen LogP contribution >= 0.6 is 0 Å². The summed E-state index contributed by atoms with van der Waals surface area (Å²) in [5, 5.41) is 9.52. The smallest absolute Gasteiger partial charge is 0.331 e. The van der Waals surface area contributed by atoms with Crippen LogP contribution in [0.5, 0.6) is 11.5 Å². The third-order valence-electron chi connectivity index (χ3n) is 3.47. The second kappa shape index (κ2) is 8.54. The van der Waals surface area contributed by atoms with Crippen molar-refractivity contribution < 1.29 is 24.2 Å². The first-order chi connectivity index (χ1) is 12.0.